The number of hydrogen-bond donors (Lipinski definition) is 0. The molecule has 0 spiro atoms. The molecule has 3 aromatic rings. The Bertz CT molecular complexity index is 875. The molecule has 0 aromatic heterocycles. The monoisotopic (exact) mass is 466 g/mol. The summed E-state index contributed by atoms with van der Waals surface area (Å²) in [4.78, 5) is 0. The molecule has 166 valence electrons. The zero-order valence-corrected chi connectivity index (χ0v) is 19.9. The smallest absolute Gasteiger partial charge is 0.418 e. The van der Waals surface area contributed by atoms with Gasteiger partial charge in [-0.05, 0) is 36.7 Å². The summed E-state index contributed by atoms with van der Waals surface area (Å²) in [7, 11) is -5.83. The van der Waals surface area contributed by atoms with E-state index in [4.69, 9.17) is 0 Å². The Balaban J connectivity index is 0.000000614. The minimum atomic E-state index is -6.00. The molecule has 0 nitrogen and oxygen atoms in total. The number of rotatable bonds is 4. The summed E-state index contributed by atoms with van der Waals surface area (Å²) in [5.41, 5.74) is 0. The fraction of sp³-hybridized carbons (Fsp3) is 0.208. The zero-order chi connectivity index (χ0) is 23.1. The molecule has 7 heteroatoms. The zero-order valence-electron chi connectivity index (χ0n) is 18.2. The van der Waals surface area contributed by atoms with Gasteiger partial charge < -0.3 is 17.3 Å². The lowest BCUT2D eigenvalue weighted by Gasteiger charge is -2.28. The Labute approximate surface area is 186 Å². The molecule has 31 heavy (non-hydrogen) atoms. The van der Waals surface area contributed by atoms with Crippen molar-refractivity contribution in [2.75, 3.05) is 6.26 Å². The van der Waals surface area contributed by atoms with Gasteiger partial charge in [0.1, 0.15) is 16.1 Å². The molecule has 0 saturated carbocycles. The van der Waals surface area contributed by atoms with Crippen molar-refractivity contribution in [3.05, 3.63) is 91.0 Å². The standard InChI is InChI=1S/C24H28PS.BF4/c1-24(2,3)26(4)20-25(21-14-8-5-9-15-21,22-16-10-6-11-17-22)23-18-12-7-13-19-23;2-1(3,4)5/h5-20H,1-4H3;/q+1;-1. The average molecular weight is 466 g/mol. The molecule has 0 amide bonds. The first-order chi connectivity index (χ1) is 14.4. The molecule has 0 saturated heterocycles. The fourth-order valence-electron chi connectivity index (χ4n) is 3.01. The first kappa shape index (κ1) is 25.4. The molecule has 0 aliphatic carbocycles. The number of halogens is 4. The second-order valence-electron chi connectivity index (χ2n) is 8.00. The van der Waals surface area contributed by atoms with Gasteiger partial charge in [0.2, 0.25) is 0 Å². The highest BCUT2D eigenvalue weighted by Gasteiger charge is 2.35. The van der Waals surface area contributed by atoms with Crippen LogP contribution in [-0.2, 0) is 10.9 Å². The summed E-state index contributed by atoms with van der Waals surface area (Å²) in [5.74, 6) is 0. The van der Waals surface area contributed by atoms with Crippen LogP contribution in [-0.4, -0.2) is 23.4 Å². The van der Waals surface area contributed by atoms with Crippen LogP contribution < -0.4 is 15.9 Å². The van der Waals surface area contributed by atoms with E-state index in [-0.39, 0.29) is 15.6 Å². The molecular formula is C24H28BF4PS. The predicted molar refractivity (Wildman–Crippen MR) is 134 cm³/mol. The second kappa shape index (κ2) is 10.6. The third kappa shape index (κ3) is 7.33. The summed E-state index contributed by atoms with van der Waals surface area (Å²) in [6.45, 7) is 5.23. The van der Waals surface area contributed by atoms with Crippen molar-refractivity contribution in [1.82, 2.24) is 0 Å². The molecule has 0 N–H and O–H groups in total. The van der Waals surface area contributed by atoms with Crippen LogP contribution >= 0.6 is 6.89 Å². The highest BCUT2D eigenvalue weighted by Crippen LogP contribution is 2.45. The SMILES string of the molecule is C[S+](C=P(c1ccccc1)(c1ccccc1)c1ccccc1)C(C)(C)C.F[B-](F)(F)F. The topological polar surface area (TPSA) is 0 Å². The molecule has 0 aliphatic rings. The summed E-state index contributed by atoms with van der Waals surface area (Å²) in [6, 6.07) is 33.3. The molecule has 1 unspecified atom stereocenters. The normalized spacial score (nSPS) is 13.0. The molecule has 3 rings (SSSR count). The van der Waals surface area contributed by atoms with Gasteiger partial charge in [-0.3, -0.25) is 0 Å². The van der Waals surface area contributed by atoms with Crippen LogP contribution in [0.2, 0.25) is 0 Å². The van der Waals surface area contributed by atoms with E-state index >= 15 is 0 Å². The van der Waals surface area contributed by atoms with Crippen LogP contribution in [0.4, 0.5) is 17.3 Å². The van der Waals surface area contributed by atoms with E-state index < -0.39 is 14.1 Å². The maximum absolute atomic E-state index is 9.75. The third-order valence-corrected chi connectivity index (χ3v) is 12.6. The molecule has 3 aromatic carbocycles. The van der Waals surface area contributed by atoms with Gasteiger partial charge in [-0.1, -0.05) is 91.0 Å². The molecule has 0 heterocycles. The van der Waals surface area contributed by atoms with Crippen LogP contribution in [0.1, 0.15) is 20.8 Å². The predicted octanol–water partition coefficient (Wildman–Crippen LogP) is 6.09. The van der Waals surface area contributed by atoms with Crippen molar-refractivity contribution in [2.45, 2.75) is 25.5 Å². The molecule has 0 fully saturated rings. The Hall–Kier alpha value is -1.91. The van der Waals surface area contributed by atoms with E-state index in [9.17, 15) is 17.3 Å². The second-order valence-corrected chi connectivity index (χ2v) is 14.2. The number of hydrogen-bond acceptors (Lipinski definition) is 0. The van der Waals surface area contributed by atoms with E-state index in [0.717, 1.165) is 0 Å². The van der Waals surface area contributed by atoms with Gasteiger partial charge in [0.15, 0.2) is 0 Å². The van der Waals surface area contributed by atoms with Crippen molar-refractivity contribution >= 4 is 46.1 Å². The van der Waals surface area contributed by atoms with Crippen LogP contribution in [0, 0.1) is 0 Å². The Morgan fingerprint density at radius 1 is 0.645 bits per heavy atom. The maximum Gasteiger partial charge on any atom is 0.673 e. The van der Waals surface area contributed by atoms with Gasteiger partial charge in [0.25, 0.3) is 0 Å². The van der Waals surface area contributed by atoms with E-state index in [2.05, 4.69) is 123 Å². The van der Waals surface area contributed by atoms with Crippen LogP contribution in [0.3, 0.4) is 0 Å². The molecule has 1 atom stereocenters. The Morgan fingerprint density at radius 2 is 0.903 bits per heavy atom. The van der Waals surface area contributed by atoms with E-state index in [1.165, 1.54) is 15.9 Å². The summed E-state index contributed by atoms with van der Waals surface area (Å²) in [5, 5.41) is 6.98. The summed E-state index contributed by atoms with van der Waals surface area (Å²) >= 11 is 0. The van der Waals surface area contributed by atoms with Crippen molar-refractivity contribution in [2.24, 2.45) is 0 Å². The van der Waals surface area contributed by atoms with Crippen molar-refractivity contribution < 1.29 is 17.3 Å². The average Bonchev–Trinajstić information content (AvgIpc) is 2.72. The van der Waals surface area contributed by atoms with Crippen molar-refractivity contribution in [3.8, 4) is 0 Å². The van der Waals surface area contributed by atoms with Gasteiger partial charge >= 0.3 is 7.25 Å². The van der Waals surface area contributed by atoms with Gasteiger partial charge in [0.05, 0.1) is 0 Å². The lowest BCUT2D eigenvalue weighted by atomic mass is 10.3. The van der Waals surface area contributed by atoms with Crippen LogP contribution in [0.15, 0.2) is 91.0 Å². The van der Waals surface area contributed by atoms with E-state index in [0.29, 0.717) is 0 Å². The van der Waals surface area contributed by atoms with Crippen LogP contribution in [0.25, 0.3) is 0 Å². The summed E-state index contributed by atoms with van der Waals surface area (Å²) < 4.78 is 39.3. The minimum absolute atomic E-state index is 0.166. The minimum Gasteiger partial charge on any atom is -0.418 e. The fourth-order valence-corrected chi connectivity index (χ4v) is 10.5. The lowest BCUT2D eigenvalue weighted by Crippen LogP contribution is -2.34. The Kier molecular flexibility index (Phi) is 8.68. The van der Waals surface area contributed by atoms with E-state index in [1.807, 2.05) is 0 Å². The van der Waals surface area contributed by atoms with Gasteiger partial charge in [-0.25, -0.2) is 0 Å². The maximum atomic E-state index is 9.75. The molecule has 0 aliphatic heterocycles. The molecule has 0 radical (unpaired) electrons. The van der Waals surface area contributed by atoms with Crippen LogP contribution in [0.5, 0.6) is 0 Å². The van der Waals surface area contributed by atoms with E-state index in [1.54, 1.807) is 0 Å². The third-order valence-electron chi connectivity index (χ3n) is 4.77. The Morgan fingerprint density at radius 3 is 1.13 bits per heavy atom. The molecular weight excluding hydrogens is 438 g/mol. The van der Waals surface area contributed by atoms with Crippen molar-refractivity contribution in [1.29, 1.82) is 0 Å². The first-order valence-electron chi connectivity index (χ1n) is 9.88. The van der Waals surface area contributed by atoms with Crippen molar-refractivity contribution in [3.63, 3.8) is 0 Å². The number of benzene rings is 3. The summed E-state index contributed by atoms with van der Waals surface area (Å²) in [6.07, 6.45) is 2.39. The lowest BCUT2D eigenvalue weighted by molar-refractivity contribution is 0.368. The van der Waals surface area contributed by atoms with Gasteiger partial charge in [-0.15, -0.1) is 0 Å². The van der Waals surface area contributed by atoms with Gasteiger partial charge in [0, 0.05) is 17.8 Å². The molecule has 0 bridgehead atoms. The first-order valence-corrected chi connectivity index (χ1v) is 13.4. The largest absolute Gasteiger partial charge is 0.673 e. The highest BCUT2D eigenvalue weighted by molar-refractivity contribution is 8.21. The highest BCUT2D eigenvalue weighted by atomic mass is 32.2. The quantitative estimate of drug-likeness (QED) is 0.189. The van der Waals surface area contributed by atoms with Gasteiger partial charge in [-0.2, -0.15) is 0 Å².